The fourth-order valence-corrected chi connectivity index (χ4v) is 2.76. The molecule has 1 aliphatic rings. The Kier molecular flexibility index (Phi) is 3.77. The molecule has 0 aromatic heterocycles. The van der Waals surface area contributed by atoms with Crippen molar-refractivity contribution < 1.29 is 9.59 Å². The van der Waals surface area contributed by atoms with Crippen LogP contribution in [0, 0.1) is 0 Å². The summed E-state index contributed by atoms with van der Waals surface area (Å²) in [6.45, 7) is 1.09. The van der Waals surface area contributed by atoms with Crippen molar-refractivity contribution in [3.05, 3.63) is 70.8 Å². The molecule has 0 bridgehead atoms. The molecule has 2 aromatic carbocycles. The third kappa shape index (κ3) is 2.53. The maximum Gasteiger partial charge on any atom is 0.261 e. The van der Waals surface area contributed by atoms with E-state index in [0.29, 0.717) is 17.7 Å². The molecular weight excluding hydrogens is 276 g/mol. The minimum atomic E-state index is -0.208. The van der Waals surface area contributed by atoms with Gasteiger partial charge in [0.1, 0.15) is 0 Å². The molecular formula is C18H18N2O2. The number of rotatable bonds is 4. The Morgan fingerprint density at radius 1 is 0.818 bits per heavy atom. The van der Waals surface area contributed by atoms with Gasteiger partial charge in [0.25, 0.3) is 11.8 Å². The van der Waals surface area contributed by atoms with Crippen LogP contribution in [0.25, 0.3) is 0 Å². The molecule has 3 rings (SSSR count). The highest BCUT2D eigenvalue weighted by molar-refractivity contribution is 6.21. The number of carbonyl (C=O) groups is 2. The van der Waals surface area contributed by atoms with Crippen LogP contribution in [-0.2, 0) is 13.1 Å². The second kappa shape index (κ2) is 5.73. The first-order chi connectivity index (χ1) is 10.6. The zero-order valence-corrected chi connectivity index (χ0v) is 12.7. The smallest absolute Gasteiger partial charge is 0.261 e. The topological polar surface area (TPSA) is 40.6 Å². The van der Waals surface area contributed by atoms with E-state index in [9.17, 15) is 9.59 Å². The first kappa shape index (κ1) is 14.5. The van der Waals surface area contributed by atoms with Gasteiger partial charge in [-0.25, -0.2) is 0 Å². The van der Waals surface area contributed by atoms with Gasteiger partial charge < -0.3 is 4.90 Å². The van der Waals surface area contributed by atoms with Crippen LogP contribution >= 0.6 is 0 Å². The number of fused-ring (bicyclic) bond motifs is 1. The Hall–Kier alpha value is -2.46. The molecule has 0 fully saturated rings. The normalized spacial score (nSPS) is 13.9. The van der Waals surface area contributed by atoms with E-state index >= 15 is 0 Å². The van der Waals surface area contributed by atoms with Gasteiger partial charge >= 0.3 is 0 Å². The zero-order valence-electron chi connectivity index (χ0n) is 12.7. The summed E-state index contributed by atoms with van der Waals surface area (Å²) >= 11 is 0. The van der Waals surface area contributed by atoms with E-state index in [1.54, 1.807) is 24.3 Å². The van der Waals surface area contributed by atoms with Gasteiger partial charge in [-0.1, -0.05) is 36.4 Å². The molecule has 0 spiro atoms. The second-order valence-corrected chi connectivity index (χ2v) is 5.75. The molecule has 2 aromatic rings. The molecule has 4 heteroatoms. The Morgan fingerprint density at radius 3 is 1.86 bits per heavy atom. The molecule has 0 aliphatic carbocycles. The quantitative estimate of drug-likeness (QED) is 0.814. The number of carbonyl (C=O) groups excluding carboxylic acids is 2. The van der Waals surface area contributed by atoms with Gasteiger partial charge in [0.15, 0.2) is 0 Å². The van der Waals surface area contributed by atoms with Crippen LogP contribution in [0.5, 0.6) is 0 Å². The summed E-state index contributed by atoms with van der Waals surface area (Å²) in [5.41, 5.74) is 3.13. The number of amides is 2. The highest BCUT2D eigenvalue weighted by atomic mass is 16.2. The van der Waals surface area contributed by atoms with Crippen molar-refractivity contribution in [3.8, 4) is 0 Å². The summed E-state index contributed by atoms with van der Waals surface area (Å²) < 4.78 is 0. The second-order valence-electron chi connectivity index (χ2n) is 5.75. The standard InChI is InChI=1S/C18H18N2O2/c1-19(2)11-13-7-3-4-8-14(13)12-20-17(21)15-9-5-6-10-16(15)18(20)22/h3-10H,11-12H2,1-2H3. The highest BCUT2D eigenvalue weighted by Crippen LogP contribution is 2.25. The molecule has 0 atom stereocenters. The molecule has 0 saturated carbocycles. The average Bonchev–Trinajstić information content (AvgIpc) is 2.74. The number of nitrogens with zero attached hydrogens (tertiary/aromatic N) is 2. The van der Waals surface area contributed by atoms with E-state index in [2.05, 4.69) is 4.90 Å². The van der Waals surface area contributed by atoms with Gasteiger partial charge in [-0.15, -0.1) is 0 Å². The van der Waals surface area contributed by atoms with Crippen LogP contribution in [0.3, 0.4) is 0 Å². The molecule has 0 unspecified atom stereocenters. The van der Waals surface area contributed by atoms with Crippen LogP contribution in [0.2, 0.25) is 0 Å². The third-order valence-electron chi connectivity index (χ3n) is 3.81. The lowest BCUT2D eigenvalue weighted by atomic mass is 10.1. The predicted molar refractivity (Wildman–Crippen MR) is 84.5 cm³/mol. The highest BCUT2D eigenvalue weighted by Gasteiger charge is 2.35. The number of hydrogen-bond acceptors (Lipinski definition) is 3. The lowest BCUT2D eigenvalue weighted by molar-refractivity contribution is 0.0642. The number of hydrogen-bond donors (Lipinski definition) is 0. The van der Waals surface area contributed by atoms with E-state index < -0.39 is 0 Å². The third-order valence-corrected chi connectivity index (χ3v) is 3.81. The van der Waals surface area contributed by atoms with Gasteiger partial charge in [-0.05, 0) is 37.4 Å². The summed E-state index contributed by atoms with van der Waals surface area (Å²) in [6.07, 6.45) is 0. The molecule has 112 valence electrons. The molecule has 0 radical (unpaired) electrons. The van der Waals surface area contributed by atoms with Gasteiger partial charge in [-0.2, -0.15) is 0 Å². The molecule has 0 saturated heterocycles. The van der Waals surface area contributed by atoms with Crippen molar-refractivity contribution in [2.24, 2.45) is 0 Å². The Morgan fingerprint density at radius 2 is 1.32 bits per heavy atom. The maximum absolute atomic E-state index is 12.4. The van der Waals surface area contributed by atoms with Crippen LogP contribution in [0.15, 0.2) is 48.5 Å². The number of imide groups is 1. The monoisotopic (exact) mass is 294 g/mol. The van der Waals surface area contributed by atoms with Crippen molar-refractivity contribution in [2.45, 2.75) is 13.1 Å². The summed E-state index contributed by atoms with van der Waals surface area (Å²) in [5, 5.41) is 0. The molecule has 22 heavy (non-hydrogen) atoms. The zero-order chi connectivity index (χ0) is 15.7. The van der Waals surface area contributed by atoms with Crippen molar-refractivity contribution in [1.29, 1.82) is 0 Å². The van der Waals surface area contributed by atoms with Crippen molar-refractivity contribution in [2.75, 3.05) is 14.1 Å². The number of benzene rings is 2. The molecule has 4 nitrogen and oxygen atoms in total. The van der Waals surface area contributed by atoms with Crippen LogP contribution in [-0.4, -0.2) is 35.7 Å². The van der Waals surface area contributed by atoms with E-state index in [-0.39, 0.29) is 11.8 Å². The van der Waals surface area contributed by atoms with Gasteiger partial charge in [0.05, 0.1) is 17.7 Å². The summed E-state index contributed by atoms with van der Waals surface area (Å²) in [5.74, 6) is -0.416. The lowest BCUT2D eigenvalue weighted by Gasteiger charge is -2.18. The largest absolute Gasteiger partial charge is 0.305 e. The molecule has 1 heterocycles. The van der Waals surface area contributed by atoms with Crippen molar-refractivity contribution in [3.63, 3.8) is 0 Å². The maximum atomic E-state index is 12.4. The van der Waals surface area contributed by atoms with Crippen LogP contribution in [0.1, 0.15) is 31.8 Å². The van der Waals surface area contributed by atoms with Crippen LogP contribution in [0.4, 0.5) is 0 Å². The minimum Gasteiger partial charge on any atom is -0.305 e. The average molecular weight is 294 g/mol. The first-order valence-electron chi connectivity index (χ1n) is 7.24. The molecule has 2 amide bonds. The van der Waals surface area contributed by atoms with E-state index in [1.807, 2.05) is 38.4 Å². The Balaban J connectivity index is 1.89. The Bertz CT molecular complexity index is 702. The minimum absolute atomic E-state index is 0.208. The molecule has 0 N–H and O–H groups in total. The van der Waals surface area contributed by atoms with Gasteiger partial charge in [0.2, 0.25) is 0 Å². The fourth-order valence-electron chi connectivity index (χ4n) is 2.76. The van der Waals surface area contributed by atoms with Crippen molar-refractivity contribution >= 4 is 11.8 Å². The predicted octanol–water partition coefficient (Wildman–Crippen LogP) is 2.54. The lowest BCUT2D eigenvalue weighted by Crippen LogP contribution is -2.29. The SMILES string of the molecule is CN(C)Cc1ccccc1CN1C(=O)c2ccccc2C1=O. The van der Waals surface area contributed by atoms with E-state index in [0.717, 1.165) is 17.7 Å². The van der Waals surface area contributed by atoms with Gasteiger partial charge in [-0.3, -0.25) is 14.5 Å². The summed E-state index contributed by atoms with van der Waals surface area (Å²) in [4.78, 5) is 28.3. The van der Waals surface area contributed by atoms with Crippen LogP contribution < -0.4 is 0 Å². The van der Waals surface area contributed by atoms with E-state index in [1.165, 1.54) is 4.90 Å². The van der Waals surface area contributed by atoms with Crippen molar-refractivity contribution in [1.82, 2.24) is 9.80 Å². The summed E-state index contributed by atoms with van der Waals surface area (Å²) in [7, 11) is 4.00. The Labute approximate surface area is 130 Å². The van der Waals surface area contributed by atoms with Gasteiger partial charge in [0, 0.05) is 6.54 Å². The fraction of sp³-hybridized carbons (Fsp3) is 0.222. The van der Waals surface area contributed by atoms with E-state index in [4.69, 9.17) is 0 Å². The summed E-state index contributed by atoms with van der Waals surface area (Å²) in [6, 6.07) is 14.9. The first-order valence-corrected chi connectivity index (χ1v) is 7.24. The molecule has 1 aliphatic heterocycles.